The number of aromatic nitrogens is 7. The Morgan fingerprint density at radius 3 is 2.66 bits per heavy atom. The minimum Gasteiger partial charge on any atom is -0.495 e. The van der Waals surface area contributed by atoms with Gasteiger partial charge in [0, 0.05) is 33.3 Å². The van der Waals surface area contributed by atoms with Crippen molar-refractivity contribution < 1.29 is 4.74 Å². The van der Waals surface area contributed by atoms with Crippen molar-refractivity contribution in [1.29, 1.82) is 0 Å². The molecule has 0 radical (unpaired) electrons. The van der Waals surface area contributed by atoms with E-state index in [2.05, 4.69) is 44.2 Å². The normalized spacial score (nSPS) is 11.4. The van der Waals surface area contributed by atoms with Crippen LogP contribution in [-0.4, -0.2) is 42.2 Å². The molecule has 0 aliphatic rings. The van der Waals surface area contributed by atoms with Crippen LogP contribution in [0, 0.1) is 6.92 Å². The maximum atomic E-state index is 5.30. The highest BCUT2D eigenvalue weighted by atomic mass is 32.1. The standard InChI is InChI=1S/C23H17N7OS/c1-12-3-6-19(32-12)15-10-25-11-18-20(15)28-23(27-18)22-21-17(29-30-22)5-4-16(26-21)13-7-14(31-2)9-24-8-13/h3-11H,1-2H3,(H,27,28)(H,29,30). The highest BCUT2D eigenvalue weighted by Crippen LogP contribution is 2.34. The predicted octanol–water partition coefficient (Wildman–Crippen LogP) is 5.00. The van der Waals surface area contributed by atoms with E-state index < -0.39 is 0 Å². The number of nitrogens with zero attached hydrogens (tertiary/aromatic N) is 5. The van der Waals surface area contributed by atoms with Gasteiger partial charge in [-0.2, -0.15) is 5.10 Å². The number of nitrogens with one attached hydrogen (secondary N) is 2. The molecule has 6 aromatic heterocycles. The van der Waals surface area contributed by atoms with E-state index in [0.717, 1.165) is 43.8 Å². The molecule has 0 saturated carbocycles. The summed E-state index contributed by atoms with van der Waals surface area (Å²) in [5.41, 5.74) is 6.56. The molecule has 8 nitrogen and oxygen atoms in total. The fourth-order valence-electron chi connectivity index (χ4n) is 3.70. The molecule has 0 aromatic carbocycles. The predicted molar refractivity (Wildman–Crippen MR) is 125 cm³/mol. The van der Waals surface area contributed by atoms with Gasteiger partial charge in [0.2, 0.25) is 0 Å². The molecule has 0 saturated heterocycles. The smallest absolute Gasteiger partial charge is 0.161 e. The number of fused-ring (bicyclic) bond motifs is 2. The minimum absolute atomic E-state index is 0.641. The summed E-state index contributed by atoms with van der Waals surface area (Å²) >= 11 is 1.72. The Morgan fingerprint density at radius 1 is 0.906 bits per heavy atom. The van der Waals surface area contributed by atoms with Crippen molar-refractivity contribution in [3.8, 4) is 39.0 Å². The van der Waals surface area contributed by atoms with Crippen molar-refractivity contribution in [2.24, 2.45) is 0 Å². The molecular weight excluding hydrogens is 422 g/mol. The first-order chi connectivity index (χ1) is 15.7. The van der Waals surface area contributed by atoms with Crippen LogP contribution in [0.5, 0.6) is 5.75 Å². The maximum Gasteiger partial charge on any atom is 0.161 e. The second-order valence-electron chi connectivity index (χ2n) is 7.36. The lowest BCUT2D eigenvalue weighted by Crippen LogP contribution is -1.89. The van der Waals surface area contributed by atoms with Gasteiger partial charge in [0.1, 0.15) is 16.8 Å². The SMILES string of the molecule is COc1cncc(-c2ccc3[nH]nc(-c4nc5c(-c6ccc(C)s6)cncc5[nH]4)c3n2)c1. The lowest BCUT2D eigenvalue weighted by atomic mass is 10.1. The number of hydrogen-bond donors (Lipinski definition) is 2. The summed E-state index contributed by atoms with van der Waals surface area (Å²) in [6, 6.07) is 10.00. The van der Waals surface area contributed by atoms with Gasteiger partial charge in [-0.3, -0.25) is 15.1 Å². The van der Waals surface area contributed by atoms with Gasteiger partial charge in [-0.15, -0.1) is 11.3 Å². The van der Waals surface area contributed by atoms with Gasteiger partial charge in [0.15, 0.2) is 11.5 Å². The third-order valence-corrected chi connectivity index (χ3v) is 6.31. The zero-order valence-corrected chi connectivity index (χ0v) is 18.1. The fraction of sp³-hybridized carbons (Fsp3) is 0.0870. The fourth-order valence-corrected chi connectivity index (χ4v) is 4.58. The number of methoxy groups -OCH3 is 1. The van der Waals surface area contributed by atoms with E-state index in [9.17, 15) is 0 Å². The van der Waals surface area contributed by atoms with Gasteiger partial charge in [0.05, 0.1) is 36.2 Å². The van der Waals surface area contributed by atoms with E-state index in [0.29, 0.717) is 17.3 Å². The molecule has 0 atom stereocenters. The molecule has 2 N–H and O–H groups in total. The number of imidazole rings is 1. The van der Waals surface area contributed by atoms with E-state index in [1.165, 1.54) is 4.88 Å². The summed E-state index contributed by atoms with van der Waals surface area (Å²) in [4.78, 5) is 24.1. The van der Waals surface area contributed by atoms with Crippen molar-refractivity contribution in [3.05, 3.63) is 60.0 Å². The van der Waals surface area contributed by atoms with Crippen molar-refractivity contribution in [3.63, 3.8) is 0 Å². The zero-order valence-electron chi connectivity index (χ0n) is 17.2. The van der Waals surface area contributed by atoms with E-state index in [1.54, 1.807) is 37.0 Å². The summed E-state index contributed by atoms with van der Waals surface area (Å²) in [7, 11) is 1.62. The van der Waals surface area contributed by atoms with Gasteiger partial charge in [-0.05, 0) is 37.3 Å². The molecule has 0 fully saturated rings. The number of hydrogen-bond acceptors (Lipinski definition) is 7. The highest BCUT2D eigenvalue weighted by molar-refractivity contribution is 7.15. The number of H-pyrrole nitrogens is 2. The quantitative estimate of drug-likeness (QED) is 0.400. The molecule has 6 aromatic rings. The van der Waals surface area contributed by atoms with E-state index in [1.807, 2.05) is 24.4 Å². The number of ether oxygens (including phenoxy) is 1. The monoisotopic (exact) mass is 439 g/mol. The Hall–Kier alpha value is -4.11. The summed E-state index contributed by atoms with van der Waals surface area (Å²) in [5.74, 6) is 1.32. The Kier molecular flexibility index (Phi) is 4.22. The molecule has 0 unspecified atom stereocenters. The van der Waals surface area contributed by atoms with E-state index >= 15 is 0 Å². The molecule has 6 rings (SSSR count). The van der Waals surface area contributed by atoms with Crippen LogP contribution < -0.4 is 4.74 Å². The second kappa shape index (κ2) is 7.24. The van der Waals surface area contributed by atoms with Crippen LogP contribution in [0.3, 0.4) is 0 Å². The summed E-state index contributed by atoms with van der Waals surface area (Å²) < 4.78 is 5.30. The molecule has 156 valence electrons. The van der Waals surface area contributed by atoms with E-state index in [4.69, 9.17) is 14.7 Å². The van der Waals surface area contributed by atoms with E-state index in [-0.39, 0.29) is 0 Å². The van der Waals surface area contributed by atoms with Gasteiger partial charge in [-0.25, -0.2) is 9.97 Å². The molecule has 0 spiro atoms. The topological polar surface area (TPSA) is 105 Å². The highest BCUT2D eigenvalue weighted by Gasteiger charge is 2.17. The van der Waals surface area contributed by atoms with Crippen molar-refractivity contribution in [2.45, 2.75) is 6.92 Å². The Morgan fingerprint density at radius 2 is 1.81 bits per heavy atom. The third-order valence-electron chi connectivity index (χ3n) is 5.28. The number of pyridine rings is 3. The zero-order chi connectivity index (χ0) is 21.7. The van der Waals surface area contributed by atoms with Crippen LogP contribution >= 0.6 is 11.3 Å². The van der Waals surface area contributed by atoms with Gasteiger partial charge in [0.25, 0.3) is 0 Å². The second-order valence-corrected chi connectivity index (χ2v) is 8.65. The molecule has 0 aliphatic heterocycles. The molecule has 32 heavy (non-hydrogen) atoms. The van der Waals surface area contributed by atoms with Crippen LogP contribution in [0.25, 0.3) is 55.3 Å². The van der Waals surface area contributed by atoms with Crippen LogP contribution in [0.15, 0.2) is 55.1 Å². The Labute approximate surface area is 186 Å². The van der Waals surface area contributed by atoms with Gasteiger partial charge >= 0.3 is 0 Å². The lowest BCUT2D eigenvalue weighted by Gasteiger charge is -2.03. The summed E-state index contributed by atoms with van der Waals surface area (Å²) in [6.07, 6.45) is 7.07. The minimum atomic E-state index is 0.641. The number of thiophene rings is 1. The first-order valence-electron chi connectivity index (χ1n) is 9.95. The number of aromatic amines is 2. The van der Waals surface area contributed by atoms with Crippen LogP contribution in [0.2, 0.25) is 0 Å². The Bertz CT molecular complexity index is 1600. The molecular formula is C23H17N7OS. The summed E-state index contributed by atoms with van der Waals surface area (Å²) in [6.45, 7) is 2.09. The average Bonchev–Trinajstić information content (AvgIpc) is 3.55. The number of rotatable bonds is 4. The molecule has 0 aliphatic carbocycles. The van der Waals surface area contributed by atoms with Crippen LogP contribution in [0.1, 0.15) is 4.88 Å². The summed E-state index contributed by atoms with van der Waals surface area (Å²) in [5, 5.41) is 7.55. The largest absolute Gasteiger partial charge is 0.495 e. The first kappa shape index (κ1) is 18.6. The average molecular weight is 440 g/mol. The third kappa shape index (κ3) is 3.02. The Balaban J connectivity index is 1.49. The van der Waals surface area contributed by atoms with Gasteiger partial charge in [-0.1, -0.05) is 0 Å². The molecule has 0 bridgehead atoms. The van der Waals surface area contributed by atoms with Crippen molar-refractivity contribution in [2.75, 3.05) is 7.11 Å². The van der Waals surface area contributed by atoms with Gasteiger partial charge < -0.3 is 9.72 Å². The van der Waals surface area contributed by atoms with Crippen molar-refractivity contribution >= 4 is 33.4 Å². The van der Waals surface area contributed by atoms with Crippen LogP contribution in [-0.2, 0) is 0 Å². The first-order valence-corrected chi connectivity index (χ1v) is 10.8. The maximum absolute atomic E-state index is 5.30. The molecule has 6 heterocycles. The van der Waals surface area contributed by atoms with Crippen molar-refractivity contribution in [1.82, 2.24) is 35.1 Å². The number of aryl methyl sites for hydroxylation is 1. The molecule has 0 amide bonds. The lowest BCUT2D eigenvalue weighted by molar-refractivity contribution is 0.413. The molecule has 9 heteroatoms. The van der Waals surface area contributed by atoms with Crippen LogP contribution in [0.4, 0.5) is 0 Å².